The van der Waals surface area contributed by atoms with E-state index in [2.05, 4.69) is 20.5 Å². The van der Waals surface area contributed by atoms with E-state index in [4.69, 9.17) is 9.47 Å². The van der Waals surface area contributed by atoms with Crippen LogP contribution in [0.5, 0.6) is 0 Å². The number of nitrogens with zero attached hydrogens (tertiary/aromatic N) is 2. The first kappa shape index (κ1) is 22.0. The smallest absolute Gasteiger partial charge is 0.225 e. The maximum atomic E-state index is 12.7. The summed E-state index contributed by atoms with van der Waals surface area (Å²) in [5.41, 5.74) is 0. The number of aliphatic imine (C=N–C) groups is 1. The highest BCUT2D eigenvalue weighted by molar-refractivity contribution is 5.81. The number of rotatable bonds is 10. The molecule has 1 atom stereocenters. The summed E-state index contributed by atoms with van der Waals surface area (Å²) in [5, 5.41) is 6.83. The molecule has 27 heavy (non-hydrogen) atoms. The van der Waals surface area contributed by atoms with Crippen LogP contribution in [0.25, 0.3) is 0 Å². The maximum Gasteiger partial charge on any atom is 0.225 e. The molecule has 1 amide bonds. The monoisotopic (exact) mass is 382 g/mol. The second-order valence-electron chi connectivity index (χ2n) is 7.56. The second kappa shape index (κ2) is 12.9. The summed E-state index contributed by atoms with van der Waals surface area (Å²) in [6, 6.07) is 0.293. The van der Waals surface area contributed by atoms with Crippen LogP contribution in [0.1, 0.15) is 51.4 Å². The minimum Gasteiger partial charge on any atom is -0.382 e. The number of hydrogen-bond acceptors (Lipinski definition) is 4. The first-order valence-electron chi connectivity index (χ1n) is 10.6. The van der Waals surface area contributed by atoms with Gasteiger partial charge in [0.25, 0.3) is 0 Å². The third kappa shape index (κ3) is 8.05. The highest BCUT2D eigenvalue weighted by Crippen LogP contribution is 2.26. The van der Waals surface area contributed by atoms with Crippen molar-refractivity contribution in [3.63, 3.8) is 0 Å². The molecule has 0 aromatic carbocycles. The van der Waals surface area contributed by atoms with Gasteiger partial charge in [0, 0.05) is 52.4 Å². The zero-order valence-electron chi connectivity index (χ0n) is 17.2. The Morgan fingerprint density at radius 1 is 1.11 bits per heavy atom. The van der Waals surface area contributed by atoms with Crippen LogP contribution in [0.2, 0.25) is 0 Å². The third-order valence-electron chi connectivity index (χ3n) is 5.46. The summed E-state index contributed by atoms with van der Waals surface area (Å²) < 4.78 is 10.4. The predicted octanol–water partition coefficient (Wildman–Crippen LogP) is 1.78. The van der Waals surface area contributed by atoms with E-state index < -0.39 is 0 Å². The Bertz CT molecular complexity index is 453. The van der Waals surface area contributed by atoms with Gasteiger partial charge in [-0.3, -0.25) is 9.79 Å². The maximum absolute atomic E-state index is 12.7. The predicted molar refractivity (Wildman–Crippen MR) is 108 cm³/mol. The van der Waals surface area contributed by atoms with E-state index in [-0.39, 0.29) is 5.92 Å². The normalized spacial score (nSPS) is 21.5. The molecule has 0 aromatic heterocycles. The highest BCUT2D eigenvalue weighted by Gasteiger charge is 2.31. The number of ether oxygens (including phenoxy) is 2. The number of carbonyl (C=O) groups is 1. The Balaban J connectivity index is 1.59. The van der Waals surface area contributed by atoms with E-state index in [0.717, 1.165) is 64.3 Å². The van der Waals surface area contributed by atoms with E-state index >= 15 is 0 Å². The fourth-order valence-corrected chi connectivity index (χ4v) is 3.85. The molecule has 0 radical (unpaired) electrons. The van der Waals surface area contributed by atoms with Crippen LogP contribution in [-0.4, -0.2) is 76.4 Å². The molecule has 1 aliphatic carbocycles. The molecule has 0 spiro atoms. The molecule has 2 aliphatic rings. The minimum atomic E-state index is 0.265. The van der Waals surface area contributed by atoms with Gasteiger partial charge in [-0.1, -0.05) is 19.3 Å². The molecule has 7 nitrogen and oxygen atoms in total. The Kier molecular flexibility index (Phi) is 10.5. The average molecular weight is 383 g/mol. The van der Waals surface area contributed by atoms with Crippen LogP contribution in [0, 0.1) is 5.92 Å². The van der Waals surface area contributed by atoms with Crippen molar-refractivity contribution in [3.8, 4) is 0 Å². The Hall–Kier alpha value is -1.34. The van der Waals surface area contributed by atoms with Crippen molar-refractivity contribution in [2.75, 3.05) is 53.6 Å². The second-order valence-corrected chi connectivity index (χ2v) is 7.56. The van der Waals surface area contributed by atoms with Crippen molar-refractivity contribution >= 4 is 11.9 Å². The summed E-state index contributed by atoms with van der Waals surface area (Å²) in [7, 11) is 3.48. The number of unbranched alkanes of at least 4 members (excludes halogenated alkanes) is 1. The molecule has 1 aliphatic heterocycles. The van der Waals surface area contributed by atoms with Crippen molar-refractivity contribution in [3.05, 3.63) is 0 Å². The molecule has 156 valence electrons. The topological polar surface area (TPSA) is 75.2 Å². The molecule has 1 unspecified atom stereocenters. The molecule has 1 saturated carbocycles. The number of amides is 1. The van der Waals surface area contributed by atoms with E-state index in [1.165, 1.54) is 19.3 Å². The SMILES string of the molecule is CN=C(NCCCCOCCOC)NC1CCN(C(=O)C2CCCCC2)C1. The standard InChI is InChI=1S/C20H38N4O3/c1-21-20(22-11-6-7-13-27-15-14-26-2)23-18-10-12-24(16-18)19(25)17-8-4-3-5-9-17/h17-18H,3-16H2,1-2H3,(H2,21,22,23). The van der Waals surface area contributed by atoms with Crippen LogP contribution in [0.3, 0.4) is 0 Å². The molecule has 0 bridgehead atoms. The van der Waals surface area contributed by atoms with Gasteiger partial charge < -0.3 is 25.0 Å². The van der Waals surface area contributed by atoms with Crippen LogP contribution in [-0.2, 0) is 14.3 Å². The lowest BCUT2D eigenvalue weighted by Crippen LogP contribution is -2.45. The van der Waals surface area contributed by atoms with Gasteiger partial charge in [-0.25, -0.2) is 0 Å². The van der Waals surface area contributed by atoms with E-state index in [1.54, 1.807) is 14.2 Å². The summed E-state index contributed by atoms with van der Waals surface area (Å²) in [6.45, 7) is 4.59. The van der Waals surface area contributed by atoms with Crippen molar-refractivity contribution in [1.29, 1.82) is 0 Å². The van der Waals surface area contributed by atoms with Crippen molar-refractivity contribution < 1.29 is 14.3 Å². The largest absolute Gasteiger partial charge is 0.382 e. The van der Waals surface area contributed by atoms with Gasteiger partial charge in [-0.2, -0.15) is 0 Å². The molecule has 2 N–H and O–H groups in total. The van der Waals surface area contributed by atoms with E-state index in [9.17, 15) is 4.79 Å². The zero-order valence-corrected chi connectivity index (χ0v) is 17.2. The lowest BCUT2D eigenvalue weighted by atomic mass is 9.88. The Morgan fingerprint density at radius 2 is 1.93 bits per heavy atom. The van der Waals surface area contributed by atoms with Crippen LogP contribution in [0.15, 0.2) is 4.99 Å². The quantitative estimate of drug-likeness (QED) is 0.342. The fraction of sp³-hybridized carbons (Fsp3) is 0.900. The van der Waals surface area contributed by atoms with Gasteiger partial charge in [-0.15, -0.1) is 0 Å². The van der Waals surface area contributed by atoms with Crippen molar-refractivity contribution in [1.82, 2.24) is 15.5 Å². The minimum absolute atomic E-state index is 0.265. The molecule has 2 fully saturated rings. The molecule has 1 heterocycles. The number of hydrogen-bond donors (Lipinski definition) is 2. The van der Waals surface area contributed by atoms with Gasteiger partial charge in [0.15, 0.2) is 5.96 Å². The highest BCUT2D eigenvalue weighted by atomic mass is 16.5. The number of likely N-dealkylation sites (tertiary alicyclic amines) is 1. The van der Waals surface area contributed by atoms with Crippen LogP contribution >= 0.6 is 0 Å². The first-order chi connectivity index (χ1) is 13.2. The van der Waals surface area contributed by atoms with Gasteiger partial charge >= 0.3 is 0 Å². The number of carbonyl (C=O) groups excluding carboxylic acids is 1. The lowest BCUT2D eigenvalue weighted by Gasteiger charge is -2.26. The molecule has 7 heteroatoms. The van der Waals surface area contributed by atoms with Crippen molar-refractivity contribution in [2.24, 2.45) is 10.9 Å². The molecule has 1 saturated heterocycles. The van der Waals surface area contributed by atoms with Gasteiger partial charge in [0.1, 0.15) is 0 Å². The summed E-state index contributed by atoms with van der Waals surface area (Å²) in [5.74, 6) is 1.46. The van der Waals surface area contributed by atoms with Gasteiger partial charge in [-0.05, 0) is 32.1 Å². The molecular weight excluding hydrogens is 344 g/mol. The molecule has 2 rings (SSSR count). The average Bonchev–Trinajstić information content (AvgIpc) is 3.17. The fourth-order valence-electron chi connectivity index (χ4n) is 3.85. The van der Waals surface area contributed by atoms with Crippen molar-refractivity contribution in [2.45, 2.75) is 57.4 Å². The van der Waals surface area contributed by atoms with E-state index in [0.29, 0.717) is 25.2 Å². The lowest BCUT2D eigenvalue weighted by molar-refractivity contribution is -0.135. The van der Waals surface area contributed by atoms with Crippen LogP contribution < -0.4 is 10.6 Å². The molecule has 0 aromatic rings. The molecular formula is C20H38N4O3. The number of nitrogens with one attached hydrogen (secondary N) is 2. The zero-order chi connectivity index (χ0) is 19.3. The summed E-state index contributed by atoms with van der Waals surface area (Å²) in [6.07, 6.45) is 8.89. The number of guanidine groups is 1. The van der Waals surface area contributed by atoms with Gasteiger partial charge in [0.2, 0.25) is 5.91 Å². The van der Waals surface area contributed by atoms with E-state index in [1.807, 2.05) is 0 Å². The third-order valence-corrected chi connectivity index (χ3v) is 5.46. The van der Waals surface area contributed by atoms with Gasteiger partial charge in [0.05, 0.1) is 13.2 Å². The Morgan fingerprint density at radius 3 is 2.67 bits per heavy atom. The summed E-state index contributed by atoms with van der Waals surface area (Å²) in [4.78, 5) is 19.0. The number of methoxy groups -OCH3 is 1. The first-order valence-corrected chi connectivity index (χ1v) is 10.6. The van der Waals surface area contributed by atoms with Crippen LogP contribution in [0.4, 0.5) is 0 Å². The Labute approximate surface area is 164 Å². The summed E-state index contributed by atoms with van der Waals surface area (Å²) >= 11 is 0.